The van der Waals surface area contributed by atoms with Crippen LogP contribution in [0, 0.1) is 0 Å². The molecular weight excluding hydrogens is 500 g/mol. The van der Waals surface area contributed by atoms with Gasteiger partial charge in [0.1, 0.15) is 23.7 Å². The van der Waals surface area contributed by atoms with E-state index in [4.69, 9.17) is 23.7 Å². The lowest BCUT2D eigenvalue weighted by Crippen LogP contribution is -2.60. The summed E-state index contributed by atoms with van der Waals surface area (Å²) in [5, 5.41) is 0. The number of thioether (sulfide) groups is 1. The zero-order valence-corrected chi connectivity index (χ0v) is 22.8. The fourth-order valence-corrected chi connectivity index (χ4v) is 5.39. The number of hydrogen-bond acceptors (Lipinski definition) is 7. The third-order valence-corrected chi connectivity index (χ3v) is 7.23. The van der Waals surface area contributed by atoms with Gasteiger partial charge in [-0.3, -0.25) is 4.79 Å². The minimum absolute atomic E-state index is 0.290. The molecule has 1 aliphatic heterocycles. The highest BCUT2D eigenvalue weighted by atomic mass is 32.2. The van der Waals surface area contributed by atoms with E-state index in [0.29, 0.717) is 19.8 Å². The Kier molecular flexibility index (Phi) is 11.2. The van der Waals surface area contributed by atoms with Crippen molar-refractivity contribution in [2.45, 2.75) is 63.5 Å². The second-order valence-electron chi connectivity index (χ2n) is 9.10. The van der Waals surface area contributed by atoms with E-state index in [1.54, 1.807) is 11.8 Å². The lowest BCUT2D eigenvalue weighted by atomic mass is 9.99. The average Bonchev–Trinajstić information content (AvgIpc) is 2.94. The predicted octanol–water partition coefficient (Wildman–Crippen LogP) is 5.78. The lowest BCUT2D eigenvalue weighted by molar-refractivity contribution is -0.248. The van der Waals surface area contributed by atoms with E-state index in [2.05, 4.69) is 6.92 Å². The van der Waals surface area contributed by atoms with Crippen molar-refractivity contribution >= 4 is 17.7 Å². The number of carbonyl (C=O) groups excluding carboxylic acids is 1. The topological polar surface area (TPSA) is 63.2 Å². The van der Waals surface area contributed by atoms with Crippen LogP contribution in [-0.2, 0) is 48.3 Å². The Balaban J connectivity index is 1.56. The van der Waals surface area contributed by atoms with Crippen LogP contribution in [0.5, 0.6) is 0 Å². The van der Waals surface area contributed by atoms with Crippen molar-refractivity contribution in [1.82, 2.24) is 0 Å². The first kappa shape index (κ1) is 28.3. The van der Waals surface area contributed by atoms with E-state index in [9.17, 15) is 4.79 Å². The molecule has 1 heterocycles. The Hall–Kier alpha value is -2.68. The fourth-order valence-electron chi connectivity index (χ4n) is 4.41. The summed E-state index contributed by atoms with van der Waals surface area (Å²) in [6.45, 7) is 4.94. The number of ether oxygens (including phenoxy) is 5. The van der Waals surface area contributed by atoms with E-state index < -0.39 is 24.4 Å². The Morgan fingerprint density at radius 2 is 1.24 bits per heavy atom. The van der Waals surface area contributed by atoms with Gasteiger partial charge in [-0.15, -0.1) is 11.8 Å². The maximum atomic E-state index is 12.3. The Morgan fingerprint density at radius 1 is 0.737 bits per heavy atom. The quantitative estimate of drug-likeness (QED) is 0.257. The van der Waals surface area contributed by atoms with Crippen LogP contribution in [-0.4, -0.2) is 48.2 Å². The van der Waals surface area contributed by atoms with Crippen molar-refractivity contribution in [3.05, 3.63) is 108 Å². The van der Waals surface area contributed by atoms with Gasteiger partial charge in [0, 0.05) is 6.92 Å². The number of hydrogen-bond donors (Lipinski definition) is 0. The molecule has 3 aromatic carbocycles. The minimum atomic E-state index is -0.664. The number of carbonyl (C=O) groups is 1. The summed E-state index contributed by atoms with van der Waals surface area (Å²) < 4.78 is 31.4. The molecule has 7 heteroatoms. The van der Waals surface area contributed by atoms with E-state index in [1.807, 2.05) is 91.0 Å². The summed E-state index contributed by atoms with van der Waals surface area (Å²) in [5.74, 6) is 0.429. The third kappa shape index (κ3) is 8.41. The molecule has 0 amide bonds. The molecule has 0 aromatic heterocycles. The number of esters is 1. The minimum Gasteiger partial charge on any atom is -0.457 e. The van der Waals surface area contributed by atoms with Gasteiger partial charge in [-0.1, -0.05) is 97.9 Å². The molecule has 0 saturated carbocycles. The molecule has 202 valence electrons. The highest BCUT2D eigenvalue weighted by molar-refractivity contribution is 7.99. The molecule has 0 N–H and O–H groups in total. The van der Waals surface area contributed by atoms with Gasteiger partial charge < -0.3 is 23.7 Å². The summed E-state index contributed by atoms with van der Waals surface area (Å²) in [4.78, 5) is 12.3. The largest absolute Gasteiger partial charge is 0.457 e. The Labute approximate surface area is 229 Å². The molecule has 0 unspecified atom stereocenters. The Morgan fingerprint density at radius 3 is 1.74 bits per heavy atom. The molecule has 3 aromatic rings. The first-order chi connectivity index (χ1) is 18.6. The number of rotatable bonds is 13. The monoisotopic (exact) mass is 536 g/mol. The van der Waals surface area contributed by atoms with E-state index in [-0.39, 0.29) is 18.0 Å². The normalized spacial score (nSPS) is 23.2. The van der Waals surface area contributed by atoms with Crippen molar-refractivity contribution < 1.29 is 28.5 Å². The van der Waals surface area contributed by atoms with E-state index >= 15 is 0 Å². The van der Waals surface area contributed by atoms with Crippen LogP contribution >= 0.6 is 11.8 Å². The molecule has 38 heavy (non-hydrogen) atoms. The van der Waals surface area contributed by atoms with E-state index in [1.165, 1.54) is 6.92 Å². The van der Waals surface area contributed by atoms with Gasteiger partial charge in [-0.05, 0) is 22.4 Å². The average molecular weight is 537 g/mol. The lowest BCUT2D eigenvalue weighted by Gasteiger charge is -2.45. The second kappa shape index (κ2) is 15.0. The zero-order chi connectivity index (χ0) is 26.6. The number of benzene rings is 3. The van der Waals surface area contributed by atoms with E-state index in [0.717, 1.165) is 22.4 Å². The summed E-state index contributed by atoms with van der Waals surface area (Å²) >= 11 is 1.63. The van der Waals surface area contributed by atoms with Crippen LogP contribution in [0.1, 0.15) is 30.5 Å². The van der Waals surface area contributed by atoms with Crippen molar-refractivity contribution in [3.63, 3.8) is 0 Å². The smallest absolute Gasteiger partial charge is 0.303 e. The van der Waals surface area contributed by atoms with Crippen LogP contribution in [0.4, 0.5) is 0 Å². The zero-order valence-electron chi connectivity index (χ0n) is 21.9. The molecule has 1 saturated heterocycles. The summed E-state index contributed by atoms with van der Waals surface area (Å²) in [7, 11) is 0. The van der Waals surface area contributed by atoms with Crippen molar-refractivity contribution in [3.8, 4) is 0 Å². The Bertz CT molecular complexity index is 1080. The second-order valence-corrected chi connectivity index (χ2v) is 10.5. The molecule has 1 fully saturated rings. The molecule has 0 spiro atoms. The molecular formula is C31H36O6S. The molecule has 0 bridgehead atoms. The van der Waals surface area contributed by atoms with Crippen molar-refractivity contribution in [2.24, 2.45) is 0 Å². The summed E-state index contributed by atoms with van der Waals surface area (Å²) in [6, 6.07) is 29.9. The highest BCUT2D eigenvalue weighted by Gasteiger charge is 2.49. The summed E-state index contributed by atoms with van der Waals surface area (Å²) in [6.07, 6.45) is -2.21. The van der Waals surface area contributed by atoms with Gasteiger partial charge >= 0.3 is 5.97 Å². The molecule has 6 nitrogen and oxygen atoms in total. The SMILES string of the molecule is CCS[C@H]1O[C@H](COCc2ccccc2)[C@H](OCc2ccccc2)[C@H](OC(C)=O)[C@H]1OCc1ccccc1. The van der Waals surface area contributed by atoms with Crippen LogP contribution in [0.15, 0.2) is 91.0 Å². The van der Waals surface area contributed by atoms with Crippen molar-refractivity contribution in [1.29, 1.82) is 0 Å². The fraction of sp³-hybridized carbons (Fsp3) is 0.387. The summed E-state index contributed by atoms with van der Waals surface area (Å²) in [5.41, 5.74) is 2.77. The van der Waals surface area contributed by atoms with Crippen LogP contribution in [0.25, 0.3) is 0 Å². The third-order valence-electron chi connectivity index (χ3n) is 6.19. The van der Waals surface area contributed by atoms with Gasteiger partial charge in [-0.2, -0.15) is 0 Å². The molecule has 4 rings (SSSR count). The van der Waals surface area contributed by atoms with Crippen LogP contribution < -0.4 is 0 Å². The molecule has 0 radical (unpaired) electrons. The van der Waals surface area contributed by atoms with Gasteiger partial charge in [0.25, 0.3) is 0 Å². The predicted molar refractivity (Wildman–Crippen MR) is 148 cm³/mol. The standard InChI is InChI=1S/C31H36O6S/c1-3-38-31-30(35-21-26-17-11-6-12-18-26)29(36-23(2)32)28(34-20-25-15-9-5-10-16-25)27(37-31)22-33-19-24-13-7-4-8-14-24/h4-18,27-31H,3,19-22H2,1-2H3/t27-,28+,29+,30-,31-/m1/s1. The molecule has 0 aliphatic carbocycles. The van der Waals surface area contributed by atoms with Gasteiger partial charge in [0.15, 0.2) is 6.10 Å². The first-order valence-electron chi connectivity index (χ1n) is 13.0. The maximum absolute atomic E-state index is 12.3. The van der Waals surface area contributed by atoms with Gasteiger partial charge in [0.05, 0.1) is 26.4 Å². The maximum Gasteiger partial charge on any atom is 0.303 e. The van der Waals surface area contributed by atoms with Gasteiger partial charge in [0.2, 0.25) is 0 Å². The van der Waals surface area contributed by atoms with Crippen molar-refractivity contribution in [2.75, 3.05) is 12.4 Å². The highest BCUT2D eigenvalue weighted by Crippen LogP contribution is 2.35. The first-order valence-corrected chi connectivity index (χ1v) is 14.1. The van der Waals surface area contributed by atoms with Crippen LogP contribution in [0.3, 0.4) is 0 Å². The molecule has 5 atom stereocenters. The van der Waals surface area contributed by atoms with Crippen LogP contribution in [0.2, 0.25) is 0 Å². The van der Waals surface area contributed by atoms with Gasteiger partial charge in [-0.25, -0.2) is 0 Å². The molecule has 1 aliphatic rings.